The topological polar surface area (TPSA) is 36.9 Å². The van der Waals surface area contributed by atoms with E-state index in [9.17, 15) is 13.2 Å². The molecule has 0 heterocycles. The molecule has 0 saturated heterocycles. The molecule has 1 aromatic carbocycles. The third-order valence-electron chi connectivity index (χ3n) is 3.56. The van der Waals surface area contributed by atoms with Gasteiger partial charge in [-0.2, -0.15) is 13.2 Å². The lowest BCUT2D eigenvalue weighted by molar-refractivity contribution is -0.137. The number of alkyl halides is 3. The Morgan fingerprint density at radius 1 is 1.16 bits per heavy atom. The number of halogens is 3. The molecule has 0 amide bonds. The zero-order valence-electron chi connectivity index (χ0n) is 15.2. The van der Waals surface area contributed by atoms with Crippen LogP contribution in [-0.4, -0.2) is 44.2 Å². The Bertz CT molecular complexity index is 515. The van der Waals surface area contributed by atoms with Crippen LogP contribution in [0.4, 0.5) is 13.2 Å². The molecule has 25 heavy (non-hydrogen) atoms. The predicted octanol–water partition coefficient (Wildman–Crippen LogP) is 3.92. The van der Waals surface area contributed by atoms with Gasteiger partial charge in [-0.3, -0.25) is 4.99 Å². The van der Waals surface area contributed by atoms with Crippen LogP contribution in [0.1, 0.15) is 37.8 Å². The Labute approximate surface area is 148 Å². The maximum Gasteiger partial charge on any atom is 0.416 e. The van der Waals surface area contributed by atoms with E-state index >= 15 is 0 Å². The van der Waals surface area contributed by atoms with Crippen molar-refractivity contribution in [3.8, 4) is 0 Å². The summed E-state index contributed by atoms with van der Waals surface area (Å²) >= 11 is 0. The van der Waals surface area contributed by atoms with Gasteiger partial charge in [0.25, 0.3) is 0 Å². The van der Waals surface area contributed by atoms with E-state index in [1.165, 1.54) is 12.1 Å². The highest BCUT2D eigenvalue weighted by Crippen LogP contribution is 2.29. The van der Waals surface area contributed by atoms with Gasteiger partial charge >= 0.3 is 6.18 Å². The molecular weight excluding hydrogens is 331 g/mol. The molecule has 0 fully saturated rings. The SMILES string of the molecule is CCNC(=NCCCCOCC)N(C)Cc1ccc(C(F)(F)F)cc1. The molecule has 0 aliphatic rings. The average molecular weight is 359 g/mol. The summed E-state index contributed by atoms with van der Waals surface area (Å²) in [5.74, 6) is 0.749. The minimum absolute atomic E-state index is 0.489. The highest BCUT2D eigenvalue weighted by atomic mass is 19.4. The van der Waals surface area contributed by atoms with Crippen LogP contribution in [0.3, 0.4) is 0 Å². The van der Waals surface area contributed by atoms with Crippen molar-refractivity contribution in [3.63, 3.8) is 0 Å². The summed E-state index contributed by atoms with van der Waals surface area (Å²) in [6.45, 7) is 7.32. The van der Waals surface area contributed by atoms with E-state index in [1.54, 1.807) is 0 Å². The zero-order valence-corrected chi connectivity index (χ0v) is 15.2. The van der Waals surface area contributed by atoms with E-state index in [2.05, 4.69) is 10.3 Å². The first-order valence-electron chi connectivity index (χ1n) is 8.61. The number of nitrogens with zero attached hydrogens (tertiary/aromatic N) is 2. The summed E-state index contributed by atoms with van der Waals surface area (Å²) in [7, 11) is 1.87. The summed E-state index contributed by atoms with van der Waals surface area (Å²) in [6.07, 6.45) is -2.41. The van der Waals surface area contributed by atoms with Crippen molar-refractivity contribution in [1.82, 2.24) is 10.2 Å². The summed E-state index contributed by atoms with van der Waals surface area (Å²) in [4.78, 5) is 6.47. The van der Waals surface area contributed by atoms with E-state index < -0.39 is 11.7 Å². The molecule has 7 heteroatoms. The molecule has 1 rings (SSSR count). The van der Waals surface area contributed by atoms with Crippen LogP contribution in [0.25, 0.3) is 0 Å². The second-order valence-corrected chi connectivity index (χ2v) is 5.69. The number of rotatable bonds is 9. The van der Waals surface area contributed by atoms with Crippen LogP contribution in [-0.2, 0) is 17.5 Å². The van der Waals surface area contributed by atoms with Gasteiger partial charge in [0.05, 0.1) is 5.56 Å². The molecule has 0 radical (unpaired) electrons. The third-order valence-corrected chi connectivity index (χ3v) is 3.56. The molecule has 1 aromatic rings. The monoisotopic (exact) mass is 359 g/mol. The Hall–Kier alpha value is -1.76. The van der Waals surface area contributed by atoms with Gasteiger partial charge < -0.3 is 15.0 Å². The molecule has 0 saturated carbocycles. The number of ether oxygens (including phenoxy) is 1. The van der Waals surface area contributed by atoms with Gasteiger partial charge in [0.2, 0.25) is 0 Å². The molecule has 0 aromatic heterocycles. The average Bonchev–Trinajstić information content (AvgIpc) is 2.56. The highest BCUT2D eigenvalue weighted by Gasteiger charge is 2.29. The second kappa shape index (κ2) is 11.0. The normalized spacial score (nSPS) is 12.3. The van der Waals surface area contributed by atoms with Gasteiger partial charge in [-0.25, -0.2) is 0 Å². The van der Waals surface area contributed by atoms with Crippen LogP contribution in [0.2, 0.25) is 0 Å². The molecule has 0 unspecified atom stereocenters. The van der Waals surface area contributed by atoms with E-state index in [-0.39, 0.29) is 0 Å². The molecule has 4 nitrogen and oxygen atoms in total. The molecule has 1 N–H and O–H groups in total. The summed E-state index contributed by atoms with van der Waals surface area (Å²) in [6, 6.07) is 5.23. The van der Waals surface area contributed by atoms with Gasteiger partial charge in [-0.05, 0) is 44.4 Å². The number of aliphatic imine (C=N–C) groups is 1. The van der Waals surface area contributed by atoms with Crippen LogP contribution in [0, 0.1) is 0 Å². The van der Waals surface area contributed by atoms with Crippen LogP contribution >= 0.6 is 0 Å². The predicted molar refractivity (Wildman–Crippen MR) is 94.6 cm³/mol. The number of hydrogen-bond donors (Lipinski definition) is 1. The molecular formula is C18H28F3N3O. The van der Waals surface area contributed by atoms with E-state index in [0.717, 1.165) is 56.3 Å². The van der Waals surface area contributed by atoms with Crippen molar-refractivity contribution < 1.29 is 17.9 Å². The van der Waals surface area contributed by atoms with Crippen molar-refractivity contribution >= 4 is 5.96 Å². The lowest BCUT2D eigenvalue weighted by Crippen LogP contribution is -2.38. The number of guanidine groups is 1. The summed E-state index contributed by atoms with van der Waals surface area (Å²) < 4.78 is 43.1. The maximum atomic E-state index is 12.6. The number of benzene rings is 1. The summed E-state index contributed by atoms with van der Waals surface area (Å²) in [5.41, 5.74) is 0.172. The van der Waals surface area contributed by atoms with Crippen molar-refractivity contribution in [2.75, 3.05) is 33.4 Å². The fourth-order valence-electron chi connectivity index (χ4n) is 2.26. The Morgan fingerprint density at radius 3 is 2.40 bits per heavy atom. The Balaban J connectivity index is 2.58. The van der Waals surface area contributed by atoms with Crippen LogP contribution in [0.5, 0.6) is 0 Å². The molecule has 142 valence electrons. The largest absolute Gasteiger partial charge is 0.416 e. The van der Waals surface area contributed by atoms with Gasteiger partial charge in [0.1, 0.15) is 0 Å². The molecule has 0 aliphatic carbocycles. The second-order valence-electron chi connectivity index (χ2n) is 5.69. The molecule has 0 aliphatic heterocycles. The molecule has 0 atom stereocenters. The maximum absolute atomic E-state index is 12.6. The smallest absolute Gasteiger partial charge is 0.382 e. The van der Waals surface area contributed by atoms with Gasteiger partial charge in [0.15, 0.2) is 5.96 Å². The van der Waals surface area contributed by atoms with Crippen molar-refractivity contribution in [2.45, 2.75) is 39.4 Å². The van der Waals surface area contributed by atoms with E-state index in [4.69, 9.17) is 4.74 Å². The van der Waals surface area contributed by atoms with Gasteiger partial charge in [-0.15, -0.1) is 0 Å². The standard InChI is InChI=1S/C18H28F3N3O/c1-4-22-17(23-12-6-7-13-25-5-2)24(3)14-15-8-10-16(11-9-15)18(19,20)21/h8-11H,4-7,12-14H2,1-3H3,(H,22,23). The Kier molecular flexibility index (Phi) is 9.34. The van der Waals surface area contributed by atoms with Crippen LogP contribution in [0.15, 0.2) is 29.3 Å². The fourth-order valence-corrected chi connectivity index (χ4v) is 2.26. The van der Waals surface area contributed by atoms with Gasteiger partial charge in [0, 0.05) is 39.9 Å². The first kappa shape index (κ1) is 21.3. The number of nitrogens with one attached hydrogen (secondary N) is 1. The molecule has 0 bridgehead atoms. The third kappa shape index (κ3) is 8.25. The van der Waals surface area contributed by atoms with Crippen molar-refractivity contribution in [1.29, 1.82) is 0 Å². The lowest BCUT2D eigenvalue weighted by atomic mass is 10.1. The fraction of sp³-hybridized carbons (Fsp3) is 0.611. The van der Waals surface area contributed by atoms with Crippen molar-refractivity contribution in [2.24, 2.45) is 4.99 Å². The van der Waals surface area contributed by atoms with Gasteiger partial charge in [-0.1, -0.05) is 12.1 Å². The van der Waals surface area contributed by atoms with E-state index in [1.807, 2.05) is 25.8 Å². The highest BCUT2D eigenvalue weighted by molar-refractivity contribution is 5.79. The molecule has 0 spiro atoms. The summed E-state index contributed by atoms with van der Waals surface area (Å²) in [5, 5.41) is 3.21. The van der Waals surface area contributed by atoms with E-state index in [0.29, 0.717) is 13.1 Å². The van der Waals surface area contributed by atoms with Crippen molar-refractivity contribution in [3.05, 3.63) is 35.4 Å². The lowest BCUT2D eigenvalue weighted by Gasteiger charge is -2.22. The number of unbranched alkanes of at least 4 members (excludes halogenated alkanes) is 1. The quantitative estimate of drug-likeness (QED) is 0.412. The Morgan fingerprint density at radius 2 is 1.84 bits per heavy atom. The zero-order chi connectivity index (χ0) is 18.7. The number of hydrogen-bond acceptors (Lipinski definition) is 2. The first-order valence-corrected chi connectivity index (χ1v) is 8.61. The van der Waals surface area contributed by atoms with Crippen LogP contribution < -0.4 is 5.32 Å². The minimum Gasteiger partial charge on any atom is -0.382 e. The minimum atomic E-state index is -4.30. The first-order chi connectivity index (χ1) is 11.9.